The predicted octanol–water partition coefficient (Wildman–Crippen LogP) is -0.0262. The van der Waals surface area contributed by atoms with Gasteiger partial charge < -0.3 is 4.98 Å². The van der Waals surface area contributed by atoms with E-state index in [1.165, 1.54) is 0 Å². The highest BCUT2D eigenvalue weighted by molar-refractivity contribution is 7.90. The largest absolute Gasteiger partial charge is 0.310 e. The molecule has 0 saturated heterocycles. The smallest absolute Gasteiger partial charge is 0.254 e. The fourth-order valence-electron chi connectivity index (χ4n) is 1.10. The Morgan fingerprint density at radius 1 is 1.33 bits per heavy atom. The van der Waals surface area contributed by atoms with E-state index in [-0.39, 0.29) is 17.7 Å². The van der Waals surface area contributed by atoms with E-state index in [1.54, 1.807) is 13.8 Å². The average molecular weight is 230 g/mol. The lowest BCUT2D eigenvalue weighted by atomic mass is 10.2. The first-order chi connectivity index (χ1) is 6.79. The Kier molecular flexibility index (Phi) is 3.28. The van der Waals surface area contributed by atoms with Gasteiger partial charge in [0.25, 0.3) is 5.56 Å². The van der Waals surface area contributed by atoms with Crippen molar-refractivity contribution in [2.24, 2.45) is 0 Å². The first-order valence-electron chi connectivity index (χ1n) is 4.54. The van der Waals surface area contributed by atoms with Crippen LogP contribution in [0.5, 0.6) is 0 Å². The third kappa shape index (κ3) is 3.47. The Balaban J connectivity index is 2.94. The fraction of sp³-hybridized carbons (Fsp3) is 0.556. The van der Waals surface area contributed by atoms with Gasteiger partial charge in [-0.2, -0.15) is 0 Å². The average Bonchev–Trinajstić information content (AvgIpc) is 2.09. The summed E-state index contributed by atoms with van der Waals surface area (Å²) >= 11 is 0. The Bertz CT molecular complexity index is 517. The van der Waals surface area contributed by atoms with Gasteiger partial charge in [-0.05, 0) is 13.8 Å². The van der Waals surface area contributed by atoms with Crippen molar-refractivity contribution in [1.29, 1.82) is 0 Å². The molecule has 1 aromatic rings. The first-order valence-corrected chi connectivity index (χ1v) is 6.60. The molecule has 6 heteroatoms. The molecular weight excluding hydrogens is 216 g/mol. The molecule has 15 heavy (non-hydrogen) atoms. The van der Waals surface area contributed by atoms with Crippen LogP contribution in [0, 0.1) is 13.8 Å². The van der Waals surface area contributed by atoms with E-state index in [2.05, 4.69) is 9.97 Å². The van der Waals surface area contributed by atoms with Crippen LogP contribution in [0.2, 0.25) is 0 Å². The summed E-state index contributed by atoms with van der Waals surface area (Å²) < 4.78 is 21.8. The van der Waals surface area contributed by atoms with Crippen molar-refractivity contribution in [3.8, 4) is 0 Å². The van der Waals surface area contributed by atoms with E-state index in [0.717, 1.165) is 6.26 Å². The van der Waals surface area contributed by atoms with Crippen LogP contribution < -0.4 is 5.56 Å². The van der Waals surface area contributed by atoms with Gasteiger partial charge in [-0.1, -0.05) is 0 Å². The number of nitrogens with one attached hydrogen (secondary N) is 1. The zero-order valence-electron chi connectivity index (χ0n) is 8.99. The molecule has 1 aromatic heterocycles. The van der Waals surface area contributed by atoms with Crippen molar-refractivity contribution < 1.29 is 8.42 Å². The molecule has 0 fully saturated rings. The van der Waals surface area contributed by atoms with Crippen molar-refractivity contribution in [3.05, 3.63) is 27.4 Å². The molecule has 0 bridgehead atoms. The van der Waals surface area contributed by atoms with Crippen molar-refractivity contribution in [3.63, 3.8) is 0 Å². The highest BCUT2D eigenvalue weighted by Gasteiger charge is 2.07. The molecule has 1 heterocycles. The number of nitrogens with zero attached hydrogens (tertiary/aromatic N) is 1. The second-order valence-corrected chi connectivity index (χ2v) is 5.86. The van der Waals surface area contributed by atoms with Gasteiger partial charge in [-0.15, -0.1) is 0 Å². The third-order valence-electron chi connectivity index (χ3n) is 2.15. The van der Waals surface area contributed by atoms with Gasteiger partial charge in [0.05, 0.1) is 5.75 Å². The van der Waals surface area contributed by atoms with Crippen LogP contribution in [0.1, 0.15) is 17.1 Å². The topological polar surface area (TPSA) is 79.9 Å². The van der Waals surface area contributed by atoms with E-state index in [0.29, 0.717) is 17.1 Å². The van der Waals surface area contributed by atoms with Crippen LogP contribution in [0.25, 0.3) is 0 Å². The van der Waals surface area contributed by atoms with Crippen molar-refractivity contribution in [2.45, 2.75) is 20.3 Å². The maximum atomic E-state index is 11.3. The van der Waals surface area contributed by atoms with Gasteiger partial charge in [-0.3, -0.25) is 4.79 Å². The van der Waals surface area contributed by atoms with E-state index in [1.807, 2.05) is 0 Å². The van der Waals surface area contributed by atoms with Crippen LogP contribution in [0.15, 0.2) is 4.79 Å². The molecule has 0 radical (unpaired) electrons. The summed E-state index contributed by atoms with van der Waals surface area (Å²) in [4.78, 5) is 18.0. The van der Waals surface area contributed by atoms with Crippen LogP contribution in [-0.4, -0.2) is 30.4 Å². The number of rotatable bonds is 3. The van der Waals surface area contributed by atoms with Crippen LogP contribution in [0.3, 0.4) is 0 Å². The molecule has 0 amide bonds. The van der Waals surface area contributed by atoms with E-state index in [9.17, 15) is 13.2 Å². The van der Waals surface area contributed by atoms with Gasteiger partial charge in [0.2, 0.25) is 0 Å². The Morgan fingerprint density at radius 3 is 2.40 bits per heavy atom. The number of H-pyrrole nitrogens is 1. The summed E-state index contributed by atoms with van der Waals surface area (Å²) in [5.41, 5.74) is 1.01. The van der Waals surface area contributed by atoms with Gasteiger partial charge in [-0.25, -0.2) is 13.4 Å². The maximum Gasteiger partial charge on any atom is 0.254 e. The molecule has 1 N–H and O–H groups in total. The third-order valence-corrected chi connectivity index (χ3v) is 3.10. The highest BCUT2D eigenvalue weighted by atomic mass is 32.2. The fourth-order valence-corrected chi connectivity index (χ4v) is 1.67. The number of aromatic nitrogens is 2. The molecule has 0 spiro atoms. The first kappa shape index (κ1) is 11.9. The minimum absolute atomic E-state index is 0.00155. The lowest BCUT2D eigenvalue weighted by molar-refractivity contribution is 0.600. The quantitative estimate of drug-likeness (QED) is 0.791. The molecule has 0 aliphatic rings. The van der Waals surface area contributed by atoms with Gasteiger partial charge >= 0.3 is 0 Å². The summed E-state index contributed by atoms with van der Waals surface area (Å²) in [6.07, 6.45) is 1.40. The van der Waals surface area contributed by atoms with E-state index in [4.69, 9.17) is 0 Å². The summed E-state index contributed by atoms with van der Waals surface area (Å²) in [5.74, 6) is 0.423. The summed E-state index contributed by atoms with van der Waals surface area (Å²) in [6.45, 7) is 3.41. The maximum absolute atomic E-state index is 11.3. The zero-order chi connectivity index (χ0) is 11.6. The molecule has 0 aliphatic heterocycles. The molecule has 1 rings (SSSR count). The molecule has 5 nitrogen and oxygen atoms in total. The minimum Gasteiger partial charge on any atom is -0.310 e. The van der Waals surface area contributed by atoms with Crippen LogP contribution in [0.4, 0.5) is 0 Å². The van der Waals surface area contributed by atoms with Gasteiger partial charge in [0.15, 0.2) is 0 Å². The molecule has 0 saturated carbocycles. The van der Waals surface area contributed by atoms with Gasteiger partial charge in [0, 0.05) is 23.9 Å². The van der Waals surface area contributed by atoms with Crippen LogP contribution >= 0.6 is 0 Å². The lowest BCUT2D eigenvalue weighted by Crippen LogP contribution is -2.18. The normalized spacial score (nSPS) is 11.7. The number of sulfone groups is 1. The molecule has 84 valence electrons. The second kappa shape index (κ2) is 4.14. The van der Waals surface area contributed by atoms with Crippen LogP contribution in [-0.2, 0) is 16.3 Å². The predicted molar refractivity (Wildman–Crippen MR) is 57.7 cm³/mol. The Labute approximate surface area is 88.5 Å². The monoisotopic (exact) mass is 230 g/mol. The lowest BCUT2D eigenvalue weighted by Gasteiger charge is -2.03. The Morgan fingerprint density at radius 2 is 1.93 bits per heavy atom. The second-order valence-electron chi connectivity index (χ2n) is 3.60. The number of hydrogen-bond acceptors (Lipinski definition) is 4. The van der Waals surface area contributed by atoms with Crippen molar-refractivity contribution in [2.75, 3.05) is 12.0 Å². The number of aryl methyl sites for hydroxylation is 2. The summed E-state index contributed by atoms with van der Waals surface area (Å²) in [5, 5.41) is 0. The molecule has 0 unspecified atom stereocenters. The van der Waals surface area contributed by atoms with E-state index < -0.39 is 9.84 Å². The SMILES string of the molecule is Cc1nc(CCS(C)(=O)=O)[nH]c(=O)c1C. The molecule has 0 aliphatic carbocycles. The minimum atomic E-state index is -3.02. The van der Waals surface area contributed by atoms with Gasteiger partial charge in [0.1, 0.15) is 15.7 Å². The molecule has 0 aromatic carbocycles. The van der Waals surface area contributed by atoms with Crippen molar-refractivity contribution >= 4 is 9.84 Å². The standard InChI is InChI=1S/C9H14N2O3S/c1-6-7(2)10-8(11-9(6)12)4-5-15(3,13)14/h4-5H2,1-3H3,(H,10,11,12). The number of hydrogen-bond donors (Lipinski definition) is 1. The van der Waals surface area contributed by atoms with E-state index >= 15 is 0 Å². The summed E-state index contributed by atoms with van der Waals surface area (Å²) in [7, 11) is -3.02. The highest BCUT2D eigenvalue weighted by Crippen LogP contribution is 1.98. The van der Waals surface area contributed by atoms with Crippen molar-refractivity contribution in [1.82, 2.24) is 9.97 Å². The molecule has 0 atom stereocenters. The summed E-state index contributed by atoms with van der Waals surface area (Å²) in [6, 6.07) is 0. The zero-order valence-corrected chi connectivity index (χ0v) is 9.81. The molecular formula is C9H14N2O3S. The number of aromatic amines is 1. The Hall–Kier alpha value is -1.17.